The molecule has 1 aliphatic rings. The number of primary amides is 1. The molecule has 0 spiro atoms. The first-order chi connectivity index (χ1) is 16.8. The summed E-state index contributed by atoms with van der Waals surface area (Å²) in [6.07, 6.45) is 2.38. The van der Waals surface area contributed by atoms with Gasteiger partial charge in [0.25, 0.3) is 5.91 Å². The third kappa shape index (κ3) is 4.90. The van der Waals surface area contributed by atoms with Gasteiger partial charge < -0.3 is 20.8 Å². The van der Waals surface area contributed by atoms with Crippen molar-refractivity contribution in [2.45, 2.75) is 64.0 Å². The first-order valence-electron chi connectivity index (χ1n) is 11.8. The normalized spacial score (nSPS) is 18.9. The van der Waals surface area contributed by atoms with E-state index in [9.17, 15) is 15.0 Å². The summed E-state index contributed by atoms with van der Waals surface area (Å²) < 4.78 is 16.8. The first kappa shape index (κ1) is 25.5. The van der Waals surface area contributed by atoms with Crippen LogP contribution in [0.15, 0.2) is 36.7 Å². The molecule has 0 aromatic carbocycles. The van der Waals surface area contributed by atoms with E-state index in [1.807, 2.05) is 0 Å². The van der Waals surface area contributed by atoms with Crippen molar-refractivity contribution in [1.82, 2.24) is 14.6 Å². The van der Waals surface area contributed by atoms with Crippen LogP contribution in [-0.2, 0) is 0 Å². The molecule has 1 amide bonds. The predicted octanol–water partition coefficient (Wildman–Crippen LogP) is 2.83. The number of alkyl halides is 1. The molecule has 1 saturated carbocycles. The number of pyridine rings is 1. The number of rotatable bonds is 8. The second-order valence-electron chi connectivity index (χ2n) is 10.6. The van der Waals surface area contributed by atoms with Gasteiger partial charge in [-0.3, -0.25) is 9.78 Å². The lowest BCUT2D eigenvalue weighted by molar-refractivity contribution is -0.0319. The van der Waals surface area contributed by atoms with Crippen LogP contribution >= 0.6 is 0 Å². The van der Waals surface area contributed by atoms with Gasteiger partial charge in [-0.2, -0.15) is 10.4 Å². The second-order valence-corrected chi connectivity index (χ2v) is 10.6. The molecule has 36 heavy (non-hydrogen) atoms. The molecule has 190 valence electrons. The van der Waals surface area contributed by atoms with Crippen LogP contribution < -0.4 is 10.6 Å². The molecule has 1 aliphatic carbocycles. The summed E-state index contributed by atoms with van der Waals surface area (Å²) in [5, 5.41) is 34.2. The molecule has 3 heterocycles. The van der Waals surface area contributed by atoms with Crippen LogP contribution in [0.5, 0.6) is 0 Å². The van der Waals surface area contributed by atoms with E-state index < -0.39 is 23.3 Å². The average molecular weight is 495 g/mol. The molecule has 3 aromatic heterocycles. The monoisotopic (exact) mass is 494 g/mol. The summed E-state index contributed by atoms with van der Waals surface area (Å²) in [7, 11) is 0. The van der Waals surface area contributed by atoms with E-state index in [-0.39, 0.29) is 24.1 Å². The van der Waals surface area contributed by atoms with Gasteiger partial charge in [-0.1, -0.05) is 0 Å². The molecule has 9 nitrogen and oxygen atoms in total. The number of aliphatic hydroxyl groups is 2. The molecule has 1 fully saturated rings. The fraction of sp³-hybridized carbons (Fsp3) is 0.462. The number of amides is 1. The number of hydrogen-bond donors (Lipinski definition) is 3. The number of anilines is 1. The van der Waals surface area contributed by atoms with Crippen LogP contribution in [-0.4, -0.2) is 60.7 Å². The maximum Gasteiger partial charge on any atom is 0.252 e. The lowest BCUT2D eigenvalue weighted by Gasteiger charge is -2.49. The highest BCUT2D eigenvalue weighted by molar-refractivity contribution is 5.99. The largest absolute Gasteiger partial charge is 0.390 e. The van der Waals surface area contributed by atoms with Crippen LogP contribution in [0, 0.1) is 17.2 Å². The second kappa shape index (κ2) is 9.15. The van der Waals surface area contributed by atoms with E-state index in [0.29, 0.717) is 41.0 Å². The summed E-state index contributed by atoms with van der Waals surface area (Å²) in [5.41, 5.74) is 5.95. The number of carbonyl (C=O) groups excluding carboxylic acids is 1. The number of carbonyl (C=O) groups is 1. The Morgan fingerprint density at radius 2 is 1.97 bits per heavy atom. The van der Waals surface area contributed by atoms with Gasteiger partial charge in [0.05, 0.1) is 57.7 Å². The number of nitrogens with zero attached hydrogens (tertiary/aromatic N) is 5. The van der Waals surface area contributed by atoms with Gasteiger partial charge in [-0.25, -0.2) is 8.91 Å². The van der Waals surface area contributed by atoms with Crippen LogP contribution in [0.3, 0.4) is 0 Å². The van der Waals surface area contributed by atoms with Gasteiger partial charge in [-0.05, 0) is 70.7 Å². The first-order valence-corrected chi connectivity index (χ1v) is 11.8. The SMILES string of the molecule is CC(C)(O)C1CC(N(C[C@@H](F)C(C)(C)O)c2cc(-c3ccc4cc(C#N)cnn34)ncc2C(N)=O)C1. The maximum absolute atomic E-state index is 15.2. The third-order valence-electron chi connectivity index (χ3n) is 7.03. The Kier molecular flexibility index (Phi) is 6.49. The van der Waals surface area contributed by atoms with Crippen LogP contribution in [0.2, 0.25) is 0 Å². The standard InChI is InChI=1S/C26H31FN6O3/c1-25(2,35)16-8-18(9-16)32(14-23(27)26(3,4)36)22-10-20(30-13-19(22)24(29)34)21-6-5-17-7-15(11-28)12-31-33(17)21/h5-7,10,12-13,16,18,23,35-36H,8-9,14H2,1-4H3,(H2,29,34)/t16?,18?,23-/m1/s1. The van der Waals surface area contributed by atoms with E-state index in [0.717, 1.165) is 0 Å². The minimum absolute atomic E-state index is 0.0108. The molecular weight excluding hydrogens is 463 g/mol. The zero-order valence-corrected chi connectivity index (χ0v) is 20.8. The van der Waals surface area contributed by atoms with Gasteiger partial charge in [0.1, 0.15) is 12.2 Å². The highest BCUT2D eigenvalue weighted by Gasteiger charge is 2.43. The lowest BCUT2D eigenvalue weighted by Crippen LogP contribution is -2.55. The van der Waals surface area contributed by atoms with E-state index in [1.165, 1.54) is 26.2 Å². The Hall–Kier alpha value is -3.55. The number of nitriles is 1. The molecule has 4 rings (SSSR count). The number of nitrogens with two attached hydrogens (primary N) is 1. The van der Waals surface area contributed by atoms with Crippen LogP contribution in [0.4, 0.5) is 10.1 Å². The third-order valence-corrected chi connectivity index (χ3v) is 7.03. The molecule has 0 aliphatic heterocycles. The van der Waals surface area contributed by atoms with Crippen molar-refractivity contribution in [2.24, 2.45) is 11.7 Å². The van der Waals surface area contributed by atoms with Gasteiger partial charge in [-0.15, -0.1) is 0 Å². The molecule has 4 N–H and O–H groups in total. The maximum atomic E-state index is 15.2. The minimum atomic E-state index is -1.61. The molecule has 0 bridgehead atoms. The zero-order valence-electron chi connectivity index (χ0n) is 20.8. The summed E-state index contributed by atoms with van der Waals surface area (Å²) in [6.45, 7) is 6.12. The smallest absolute Gasteiger partial charge is 0.252 e. The number of halogens is 1. The van der Waals surface area contributed by atoms with Crippen molar-refractivity contribution >= 4 is 17.1 Å². The van der Waals surface area contributed by atoms with Crippen molar-refractivity contribution in [2.75, 3.05) is 11.4 Å². The predicted molar refractivity (Wildman–Crippen MR) is 133 cm³/mol. The molecule has 3 aromatic rings. The summed E-state index contributed by atoms with van der Waals surface area (Å²) in [5.74, 6) is -0.695. The minimum Gasteiger partial charge on any atom is -0.390 e. The summed E-state index contributed by atoms with van der Waals surface area (Å²) in [6, 6.07) is 8.86. The van der Waals surface area contributed by atoms with Gasteiger partial charge in [0, 0.05) is 12.2 Å². The Morgan fingerprint density at radius 1 is 1.28 bits per heavy atom. The fourth-order valence-electron chi connectivity index (χ4n) is 4.53. The highest BCUT2D eigenvalue weighted by atomic mass is 19.1. The fourth-order valence-corrected chi connectivity index (χ4v) is 4.53. The van der Waals surface area contributed by atoms with Crippen LogP contribution in [0.25, 0.3) is 16.9 Å². The molecule has 0 saturated heterocycles. The molecule has 0 radical (unpaired) electrons. The van der Waals surface area contributed by atoms with E-state index >= 15 is 4.39 Å². The van der Waals surface area contributed by atoms with Gasteiger partial charge in [0.2, 0.25) is 0 Å². The Bertz CT molecular complexity index is 1330. The van der Waals surface area contributed by atoms with Crippen molar-refractivity contribution in [3.63, 3.8) is 0 Å². The van der Waals surface area contributed by atoms with Crippen molar-refractivity contribution in [3.8, 4) is 17.5 Å². The van der Waals surface area contributed by atoms with Crippen molar-refractivity contribution in [3.05, 3.63) is 47.8 Å². The number of aromatic nitrogens is 3. The van der Waals surface area contributed by atoms with Crippen molar-refractivity contribution in [1.29, 1.82) is 5.26 Å². The Balaban J connectivity index is 1.79. The topological polar surface area (TPSA) is 141 Å². The lowest BCUT2D eigenvalue weighted by atomic mass is 9.70. The van der Waals surface area contributed by atoms with Gasteiger partial charge >= 0.3 is 0 Å². The molecular formula is C26H31FN6O3. The van der Waals surface area contributed by atoms with E-state index in [4.69, 9.17) is 11.0 Å². The summed E-state index contributed by atoms with van der Waals surface area (Å²) in [4.78, 5) is 18.6. The highest BCUT2D eigenvalue weighted by Crippen LogP contribution is 2.42. The van der Waals surface area contributed by atoms with E-state index in [1.54, 1.807) is 47.5 Å². The van der Waals surface area contributed by atoms with Crippen molar-refractivity contribution < 1.29 is 19.4 Å². The average Bonchev–Trinajstić information content (AvgIpc) is 3.18. The number of hydrogen-bond acceptors (Lipinski definition) is 7. The zero-order chi connectivity index (χ0) is 26.4. The molecule has 0 unspecified atom stereocenters. The quantitative estimate of drug-likeness (QED) is 0.437. The Labute approximate surface area is 209 Å². The van der Waals surface area contributed by atoms with E-state index in [2.05, 4.69) is 16.2 Å². The summed E-state index contributed by atoms with van der Waals surface area (Å²) >= 11 is 0. The van der Waals surface area contributed by atoms with Gasteiger partial charge in [0.15, 0.2) is 0 Å². The molecule has 10 heteroatoms. The molecule has 1 atom stereocenters. The Morgan fingerprint density at radius 3 is 2.56 bits per heavy atom. The van der Waals surface area contributed by atoms with Crippen LogP contribution in [0.1, 0.15) is 56.5 Å². The number of fused-ring (bicyclic) bond motifs is 1.